The van der Waals surface area contributed by atoms with Crippen molar-refractivity contribution in [3.63, 3.8) is 0 Å². The van der Waals surface area contributed by atoms with Crippen LogP contribution in [-0.4, -0.2) is 37.9 Å². The Morgan fingerprint density at radius 3 is 2.54 bits per heavy atom. The summed E-state index contributed by atoms with van der Waals surface area (Å²) in [6, 6.07) is 12.8. The van der Waals surface area contributed by atoms with Gasteiger partial charge in [-0.1, -0.05) is 30.3 Å². The van der Waals surface area contributed by atoms with Crippen LogP contribution >= 0.6 is 0 Å². The largest absolute Gasteiger partial charge is 0.481 e. The Kier molecular flexibility index (Phi) is 6.31. The monoisotopic (exact) mass is 348 g/mol. The van der Waals surface area contributed by atoms with E-state index in [1.165, 1.54) is 13.3 Å². The topological polar surface area (TPSA) is 85.4 Å². The average molecular weight is 348 g/mol. The first-order valence-corrected chi connectivity index (χ1v) is 9.35. The number of aromatic nitrogens is 1. The molecule has 6 nitrogen and oxygen atoms in total. The van der Waals surface area contributed by atoms with E-state index in [4.69, 9.17) is 4.74 Å². The van der Waals surface area contributed by atoms with E-state index in [1.807, 2.05) is 30.3 Å². The first-order chi connectivity index (χ1) is 11.5. The van der Waals surface area contributed by atoms with Crippen LogP contribution in [0.15, 0.2) is 48.7 Å². The molecule has 24 heavy (non-hydrogen) atoms. The molecule has 1 aromatic carbocycles. The van der Waals surface area contributed by atoms with Crippen molar-refractivity contribution in [1.82, 2.24) is 4.98 Å². The van der Waals surface area contributed by atoms with Crippen molar-refractivity contribution in [1.29, 1.82) is 0 Å². The number of rotatable bonds is 8. The first-order valence-electron chi connectivity index (χ1n) is 7.53. The van der Waals surface area contributed by atoms with Crippen LogP contribution in [0.3, 0.4) is 0 Å². The molecule has 1 heterocycles. The third-order valence-corrected chi connectivity index (χ3v) is 4.96. The Morgan fingerprint density at radius 1 is 1.17 bits per heavy atom. The standard InChI is InChI=1S/C17H20N2O4S/c1-23-17-10-9-15(12-18-17)19-16(20)13-24(21,22)11-5-8-14-6-3-2-4-7-14/h2-4,6-7,9-10,12H,5,8,11,13H2,1H3,(H,19,20). The predicted octanol–water partition coefficient (Wildman–Crippen LogP) is 2.08. The number of carbonyl (C=O) groups excluding carboxylic acids is 1. The second-order valence-corrected chi connectivity index (χ2v) is 7.50. The minimum atomic E-state index is -3.44. The number of carbonyl (C=O) groups is 1. The number of pyridine rings is 1. The Labute approximate surface area is 141 Å². The zero-order valence-corrected chi connectivity index (χ0v) is 14.3. The molecule has 0 saturated heterocycles. The van der Waals surface area contributed by atoms with Crippen molar-refractivity contribution in [2.24, 2.45) is 0 Å². The summed E-state index contributed by atoms with van der Waals surface area (Å²) in [5, 5.41) is 2.52. The minimum Gasteiger partial charge on any atom is -0.481 e. The summed E-state index contributed by atoms with van der Waals surface area (Å²) in [6.45, 7) is 0. The molecule has 0 unspecified atom stereocenters. The highest BCUT2D eigenvalue weighted by atomic mass is 32.2. The number of nitrogens with zero attached hydrogens (tertiary/aromatic N) is 1. The van der Waals surface area contributed by atoms with E-state index in [-0.39, 0.29) is 5.75 Å². The maximum atomic E-state index is 12.0. The van der Waals surface area contributed by atoms with Crippen LogP contribution in [0.5, 0.6) is 5.88 Å². The maximum absolute atomic E-state index is 12.0. The van der Waals surface area contributed by atoms with E-state index in [9.17, 15) is 13.2 Å². The Balaban J connectivity index is 1.80. The molecule has 2 rings (SSSR count). The van der Waals surface area contributed by atoms with Gasteiger partial charge in [0.2, 0.25) is 11.8 Å². The van der Waals surface area contributed by atoms with E-state index < -0.39 is 21.5 Å². The molecular weight excluding hydrogens is 328 g/mol. The first kappa shape index (κ1) is 17.9. The normalized spacial score (nSPS) is 11.0. The van der Waals surface area contributed by atoms with Crippen LogP contribution in [0.2, 0.25) is 0 Å². The maximum Gasteiger partial charge on any atom is 0.239 e. The van der Waals surface area contributed by atoms with E-state index in [1.54, 1.807) is 12.1 Å². The number of amides is 1. The summed E-state index contributed by atoms with van der Waals surface area (Å²) >= 11 is 0. The quantitative estimate of drug-likeness (QED) is 0.789. The number of hydrogen-bond donors (Lipinski definition) is 1. The number of nitrogens with one attached hydrogen (secondary N) is 1. The summed E-state index contributed by atoms with van der Waals surface area (Å²) in [5.74, 6) is -0.701. The molecule has 128 valence electrons. The third-order valence-electron chi connectivity index (χ3n) is 3.34. The number of anilines is 1. The molecule has 1 aromatic heterocycles. The molecule has 0 spiro atoms. The number of sulfone groups is 1. The third kappa shape index (κ3) is 6.00. The smallest absolute Gasteiger partial charge is 0.239 e. The van der Waals surface area contributed by atoms with E-state index in [2.05, 4.69) is 10.3 Å². The fourth-order valence-corrected chi connectivity index (χ4v) is 3.38. The van der Waals surface area contributed by atoms with Gasteiger partial charge in [-0.25, -0.2) is 13.4 Å². The van der Waals surface area contributed by atoms with Gasteiger partial charge in [0.25, 0.3) is 0 Å². The second-order valence-electron chi connectivity index (χ2n) is 5.32. The van der Waals surface area contributed by atoms with Crippen molar-refractivity contribution in [2.45, 2.75) is 12.8 Å². The predicted molar refractivity (Wildman–Crippen MR) is 92.8 cm³/mol. The fourth-order valence-electron chi connectivity index (χ4n) is 2.18. The van der Waals surface area contributed by atoms with Crippen LogP contribution in [0.25, 0.3) is 0 Å². The number of aryl methyl sites for hydroxylation is 1. The van der Waals surface area contributed by atoms with Crippen LogP contribution in [0.1, 0.15) is 12.0 Å². The van der Waals surface area contributed by atoms with Gasteiger partial charge in [0.15, 0.2) is 9.84 Å². The molecule has 0 aliphatic heterocycles. The Hall–Kier alpha value is -2.41. The fraction of sp³-hybridized carbons (Fsp3) is 0.294. The van der Waals surface area contributed by atoms with Crippen molar-refractivity contribution >= 4 is 21.4 Å². The summed E-state index contributed by atoms with van der Waals surface area (Å²) in [4.78, 5) is 15.8. The van der Waals surface area contributed by atoms with Crippen molar-refractivity contribution in [3.05, 3.63) is 54.2 Å². The lowest BCUT2D eigenvalue weighted by Gasteiger charge is -2.07. The highest BCUT2D eigenvalue weighted by Crippen LogP contribution is 2.11. The van der Waals surface area contributed by atoms with E-state index in [0.717, 1.165) is 5.56 Å². The van der Waals surface area contributed by atoms with Gasteiger partial charge >= 0.3 is 0 Å². The van der Waals surface area contributed by atoms with Crippen LogP contribution in [-0.2, 0) is 21.1 Å². The highest BCUT2D eigenvalue weighted by molar-refractivity contribution is 7.92. The molecule has 0 fully saturated rings. The molecule has 0 radical (unpaired) electrons. The van der Waals surface area contributed by atoms with E-state index in [0.29, 0.717) is 24.4 Å². The van der Waals surface area contributed by atoms with Gasteiger partial charge in [-0.05, 0) is 24.5 Å². The average Bonchev–Trinajstić information content (AvgIpc) is 2.55. The molecule has 1 amide bonds. The van der Waals surface area contributed by atoms with Crippen LogP contribution < -0.4 is 10.1 Å². The van der Waals surface area contributed by atoms with Crippen LogP contribution in [0.4, 0.5) is 5.69 Å². The summed E-state index contributed by atoms with van der Waals surface area (Å²) in [7, 11) is -1.95. The Bertz CT molecular complexity index is 759. The Morgan fingerprint density at radius 2 is 1.92 bits per heavy atom. The lowest BCUT2D eigenvalue weighted by molar-refractivity contribution is -0.113. The number of benzene rings is 1. The molecule has 0 saturated carbocycles. The van der Waals surface area contributed by atoms with Gasteiger partial charge in [0.1, 0.15) is 5.75 Å². The molecule has 7 heteroatoms. The molecular formula is C17H20N2O4S. The minimum absolute atomic E-state index is 0.0177. The number of ether oxygens (including phenoxy) is 1. The molecule has 2 aromatic rings. The number of hydrogen-bond acceptors (Lipinski definition) is 5. The zero-order chi connectivity index (χ0) is 17.4. The van der Waals surface area contributed by atoms with Gasteiger partial charge in [-0.15, -0.1) is 0 Å². The molecule has 0 atom stereocenters. The summed E-state index contributed by atoms with van der Waals surface area (Å²) in [6.07, 6.45) is 2.58. The van der Waals surface area contributed by atoms with Gasteiger partial charge in [-0.3, -0.25) is 4.79 Å². The number of methoxy groups -OCH3 is 1. The second kappa shape index (κ2) is 8.44. The SMILES string of the molecule is COc1ccc(NC(=O)CS(=O)(=O)CCCc2ccccc2)cn1. The van der Waals surface area contributed by atoms with Gasteiger partial charge in [0, 0.05) is 6.07 Å². The van der Waals surface area contributed by atoms with Crippen LogP contribution in [0, 0.1) is 0 Å². The van der Waals surface area contributed by atoms with E-state index >= 15 is 0 Å². The summed E-state index contributed by atoms with van der Waals surface area (Å²) < 4.78 is 29.0. The van der Waals surface area contributed by atoms with Gasteiger partial charge < -0.3 is 10.1 Å². The van der Waals surface area contributed by atoms with Crippen molar-refractivity contribution in [3.8, 4) is 5.88 Å². The molecule has 1 N–H and O–H groups in total. The molecule has 0 aliphatic carbocycles. The molecule has 0 aliphatic rings. The zero-order valence-electron chi connectivity index (χ0n) is 13.4. The van der Waals surface area contributed by atoms with Crippen molar-refractivity contribution < 1.29 is 17.9 Å². The molecule has 0 bridgehead atoms. The van der Waals surface area contributed by atoms with Crippen molar-refractivity contribution in [2.75, 3.05) is 23.9 Å². The van der Waals surface area contributed by atoms with Gasteiger partial charge in [-0.2, -0.15) is 0 Å². The van der Waals surface area contributed by atoms with Gasteiger partial charge in [0.05, 0.1) is 24.7 Å². The lowest BCUT2D eigenvalue weighted by atomic mass is 10.1. The summed E-state index contributed by atoms with van der Waals surface area (Å²) in [5.41, 5.74) is 1.52. The highest BCUT2D eigenvalue weighted by Gasteiger charge is 2.16. The lowest BCUT2D eigenvalue weighted by Crippen LogP contribution is -2.25.